The summed E-state index contributed by atoms with van der Waals surface area (Å²) in [5, 5.41) is 5.89. The first-order valence-electron chi connectivity index (χ1n) is 5.87. The second-order valence-electron chi connectivity index (χ2n) is 3.95. The molecule has 0 heterocycles. The fraction of sp³-hybridized carbons (Fsp3) is 0.357. The number of amides is 1. The first-order chi connectivity index (χ1) is 8.22. The molecule has 1 aromatic carbocycles. The van der Waals surface area contributed by atoms with Crippen LogP contribution in [0, 0.1) is 0 Å². The quantitative estimate of drug-likeness (QED) is 0.736. The van der Waals surface area contributed by atoms with Crippen LogP contribution in [0.4, 0.5) is 0 Å². The lowest BCUT2D eigenvalue weighted by Crippen LogP contribution is -2.20. The van der Waals surface area contributed by atoms with Gasteiger partial charge < -0.3 is 10.6 Å². The Kier molecular flexibility index (Phi) is 6.04. The van der Waals surface area contributed by atoms with Gasteiger partial charge in [-0.15, -0.1) is 0 Å². The zero-order valence-corrected chi connectivity index (χ0v) is 10.5. The van der Waals surface area contributed by atoms with Crippen LogP contribution in [0.3, 0.4) is 0 Å². The van der Waals surface area contributed by atoms with Crippen molar-refractivity contribution in [1.82, 2.24) is 10.6 Å². The van der Waals surface area contributed by atoms with Gasteiger partial charge in [0, 0.05) is 20.0 Å². The van der Waals surface area contributed by atoms with E-state index in [2.05, 4.69) is 47.1 Å². The second-order valence-corrected chi connectivity index (χ2v) is 3.95. The van der Waals surface area contributed by atoms with Crippen LogP contribution >= 0.6 is 0 Å². The van der Waals surface area contributed by atoms with Crippen molar-refractivity contribution in [2.75, 3.05) is 13.6 Å². The molecule has 1 rings (SSSR count). The molecule has 0 unspecified atom stereocenters. The minimum atomic E-state index is 0.0226. The van der Waals surface area contributed by atoms with E-state index in [0.29, 0.717) is 6.54 Å². The SMILES string of the molecule is CNCc1cccc(C=CCCNC(C)=O)c1. The molecule has 3 nitrogen and oxygen atoms in total. The highest BCUT2D eigenvalue weighted by Crippen LogP contribution is 2.07. The van der Waals surface area contributed by atoms with Gasteiger partial charge in [0.15, 0.2) is 0 Å². The first-order valence-corrected chi connectivity index (χ1v) is 5.87. The van der Waals surface area contributed by atoms with Gasteiger partial charge in [0.05, 0.1) is 0 Å². The van der Waals surface area contributed by atoms with Gasteiger partial charge in [-0.25, -0.2) is 0 Å². The topological polar surface area (TPSA) is 41.1 Å². The molecule has 0 saturated carbocycles. The van der Waals surface area contributed by atoms with Crippen LogP contribution < -0.4 is 10.6 Å². The van der Waals surface area contributed by atoms with Crippen molar-refractivity contribution >= 4 is 12.0 Å². The fourth-order valence-electron chi connectivity index (χ4n) is 1.56. The lowest BCUT2D eigenvalue weighted by molar-refractivity contribution is -0.118. The predicted molar refractivity (Wildman–Crippen MR) is 71.5 cm³/mol. The molecule has 0 radical (unpaired) electrons. The normalized spacial score (nSPS) is 10.7. The summed E-state index contributed by atoms with van der Waals surface area (Å²) in [5.74, 6) is 0.0226. The van der Waals surface area contributed by atoms with Crippen molar-refractivity contribution in [2.45, 2.75) is 19.9 Å². The van der Waals surface area contributed by atoms with E-state index in [1.807, 2.05) is 7.05 Å². The molecule has 1 aromatic rings. The van der Waals surface area contributed by atoms with Crippen LogP contribution in [0.25, 0.3) is 6.08 Å². The Morgan fingerprint density at radius 1 is 1.41 bits per heavy atom. The van der Waals surface area contributed by atoms with Crippen LogP contribution in [0.5, 0.6) is 0 Å². The highest BCUT2D eigenvalue weighted by atomic mass is 16.1. The Labute approximate surface area is 103 Å². The molecule has 2 N–H and O–H groups in total. The summed E-state index contributed by atoms with van der Waals surface area (Å²) in [6, 6.07) is 8.39. The summed E-state index contributed by atoms with van der Waals surface area (Å²) in [5.41, 5.74) is 2.47. The molecule has 0 aliphatic rings. The molecular weight excluding hydrogens is 212 g/mol. The summed E-state index contributed by atoms with van der Waals surface area (Å²) in [6.45, 7) is 3.11. The third kappa shape index (κ3) is 5.88. The zero-order chi connectivity index (χ0) is 12.5. The molecule has 0 bridgehead atoms. The summed E-state index contributed by atoms with van der Waals surface area (Å²) < 4.78 is 0. The van der Waals surface area contributed by atoms with Crippen LogP contribution in [0.1, 0.15) is 24.5 Å². The number of hydrogen-bond donors (Lipinski definition) is 2. The number of carbonyl (C=O) groups excluding carboxylic acids is 1. The minimum absolute atomic E-state index is 0.0226. The van der Waals surface area contributed by atoms with Crippen molar-refractivity contribution in [3.8, 4) is 0 Å². The van der Waals surface area contributed by atoms with E-state index in [1.165, 1.54) is 18.1 Å². The van der Waals surface area contributed by atoms with Gasteiger partial charge in [0.1, 0.15) is 0 Å². The third-order valence-corrected chi connectivity index (χ3v) is 2.33. The van der Waals surface area contributed by atoms with Crippen molar-refractivity contribution in [2.24, 2.45) is 0 Å². The highest BCUT2D eigenvalue weighted by molar-refractivity contribution is 5.72. The van der Waals surface area contributed by atoms with Crippen molar-refractivity contribution < 1.29 is 4.79 Å². The van der Waals surface area contributed by atoms with E-state index in [0.717, 1.165) is 13.0 Å². The first kappa shape index (κ1) is 13.5. The van der Waals surface area contributed by atoms with Gasteiger partial charge in [0.25, 0.3) is 0 Å². The summed E-state index contributed by atoms with van der Waals surface area (Å²) in [6.07, 6.45) is 5.02. The second kappa shape index (κ2) is 7.63. The number of rotatable bonds is 6. The smallest absolute Gasteiger partial charge is 0.216 e. The van der Waals surface area contributed by atoms with Crippen molar-refractivity contribution in [3.05, 3.63) is 41.5 Å². The number of benzene rings is 1. The Morgan fingerprint density at radius 3 is 2.94 bits per heavy atom. The lowest BCUT2D eigenvalue weighted by atomic mass is 10.1. The van der Waals surface area contributed by atoms with Crippen LogP contribution in [0.2, 0.25) is 0 Å². The molecule has 0 saturated heterocycles. The fourth-order valence-corrected chi connectivity index (χ4v) is 1.56. The molecule has 1 amide bonds. The standard InChI is InChI=1S/C14H20N2O/c1-12(17)16-9-4-3-6-13-7-5-8-14(10-13)11-15-2/h3,5-8,10,15H,4,9,11H2,1-2H3,(H,16,17). The van der Waals surface area contributed by atoms with Crippen molar-refractivity contribution in [1.29, 1.82) is 0 Å². The van der Waals surface area contributed by atoms with Gasteiger partial charge in [0.2, 0.25) is 5.91 Å². The van der Waals surface area contributed by atoms with Gasteiger partial charge in [-0.05, 0) is 24.6 Å². The molecule has 0 atom stereocenters. The number of carbonyl (C=O) groups is 1. The van der Waals surface area contributed by atoms with Gasteiger partial charge in [-0.3, -0.25) is 4.79 Å². The highest BCUT2D eigenvalue weighted by Gasteiger charge is 1.92. The molecular formula is C14H20N2O. The Hall–Kier alpha value is -1.61. The third-order valence-electron chi connectivity index (χ3n) is 2.33. The molecule has 0 aromatic heterocycles. The maximum Gasteiger partial charge on any atom is 0.216 e. The van der Waals surface area contributed by atoms with E-state index in [4.69, 9.17) is 0 Å². The lowest BCUT2D eigenvalue weighted by Gasteiger charge is -2.01. The Balaban J connectivity index is 2.42. The van der Waals surface area contributed by atoms with Gasteiger partial charge >= 0.3 is 0 Å². The van der Waals surface area contributed by atoms with E-state index < -0.39 is 0 Å². The number of hydrogen-bond acceptors (Lipinski definition) is 2. The van der Waals surface area contributed by atoms with E-state index in [1.54, 1.807) is 0 Å². The molecule has 0 fully saturated rings. The number of nitrogens with one attached hydrogen (secondary N) is 2. The average molecular weight is 232 g/mol. The van der Waals surface area contributed by atoms with E-state index in [9.17, 15) is 4.79 Å². The minimum Gasteiger partial charge on any atom is -0.356 e. The van der Waals surface area contributed by atoms with Crippen molar-refractivity contribution in [3.63, 3.8) is 0 Å². The maximum absolute atomic E-state index is 10.7. The molecule has 92 valence electrons. The molecule has 17 heavy (non-hydrogen) atoms. The largest absolute Gasteiger partial charge is 0.356 e. The molecule has 0 spiro atoms. The average Bonchev–Trinajstić information content (AvgIpc) is 2.29. The predicted octanol–water partition coefficient (Wildman–Crippen LogP) is 1.95. The summed E-state index contributed by atoms with van der Waals surface area (Å²) >= 11 is 0. The zero-order valence-electron chi connectivity index (χ0n) is 10.5. The Bertz CT molecular complexity index is 386. The maximum atomic E-state index is 10.7. The van der Waals surface area contributed by atoms with E-state index in [-0.39, 0.29) is 5.91 Å². The van der Waals surface area contributed by atoms with Crippen LogP contribution in [0.15, 0.2) is 30.3 Å². The van der Waals surface area contributed by atoms with Crippen LogP contribution in [-0.2, 0) is 11.3 Å². The van der Waals surface area contributed by atoms with Crippen LogP contribution in [-0.4, -0.2) is 19.5 Å². The molecule has 0 aliphatic heterocycles. The molecule has 0 aliphatic carbocycles. The summed E-state index contributed by atoms with van der Waals surface area (Å²) in [4.78, 5) is 10.7. The van der Waals surface area contributed by atoms with Gasteiger partial charge in [-0.2, -0.15) is 0 Å². The summed E-state index contributed by atoms with van der Waals surface area (Å²) in [7, 11) is 1.94. The monoisotopic (exact) mass is 232 g/mol. The van der Waals surface area contributed by atoms with E-state index >= 15 is 0 Å². The van der Waals surface area contributed by atoms with Gasteiger partial charge in [-0.1, -0.05) is 36.4 Å². The Morgan fingerprint density at radius 2 is 2.24 bits per heavy atom. The molecule has 3 heteroatoms.